The van der Waals surface area contributed by atoms with Crippen LogP contribution in [0.15, 0.2) is 48.5 Å². The molecule has 148 valence electrons. The molecule has 2 aliphatic heterocycles. The van der Waals surface area contributed by atoms with Gasteiger partial charge in [-0.05, 0) is 55.9 Å². The molecule has 2 aromatic rings. The maximum Gasteiger partial charge on any atom is 0.410 e. The van der Waals surface area contributed by atoms with Crippen molar-refractivity contribution in [2.75, 3.05) is 0 Å². The second-order valence-corrected chi connectivity index (χ2v) is 8.03. The van der Waals surface area contributed by atoms with Crippen LogP contribution in [0, 0.1) is 24.2 Å². The molecule has 2 unspecified atom stereocenters. The van der Waals surface area contributed by atoms with Gasteiger partial charge in [-0.3, -0.25) is 4.79 Å². The summed E-state index contributed by atoms with van der Waals surface area (Å²) >= 11 is 0. The van der Waals surface area contributed by atoms with E-state index in [-0.39, 0.29) is 36.5 Å². The summed E-state index contributed by atoms with van der Waals surface area (Å²) in [4.78, 5) is 27.6. The number of nitrogens with zero attached hydrogens (tertiary/aromatic N) is 2. The normalized spacial score (nSPS) is 22.8. The quantitative estimate of drug-likeness (QED) is 0.716. The Morgan fingerprint density at radius 2 is 1.79 bits per heavy atom. The Morgan fingerprint density at radius 3 is 2.45 bits per heavy atom. The van der Waals surface area contributed by atoms with E-state index in [1.165, 1.54) is 0 Å². The highest BCUT2D eigenvalue weighted by atomic mass is 16.6. The number of hydrogen-bond acceptors (Lipinski definition) is 4. The van der Waals surface area contributed by atoms with Crippen LogP contribution in [0.1, 0.15) is 52.7 Å². The van der Waals surface area contributed by atoms with Crippen molar-refractivity contribution in [3.05, 3.63) is 70.8 Å². The highest BCUT2D eigenvalue weighted by Crippen LogP contribution is 2.40. The van der Waals surface area contributed by atoms with E-state index < -0.39 is 0 Å². The minimum absolute atomic E-state index is 0.0238. The summed E-state index contributed by atoms with van der Waals surface area (Å²) in [7, 11) is 0. The molecule has 0 saturated carbocycles. The second kappa shape index (κ2) is 8.08. The monoisotopic (exact) mass is 388 g/mol. The zero-order valence-electron chi connectivity index (χ0n) is 16.5. The molecule has 0 radical (unpaired) electrons. The average molecular weight is 388 g/mol. The van der Waals surface area contributed by atoms with Gasteiger partial charge in [-0.2, -0.15) is 5.26 Å². The number of carbonyl (C=O) groups excluding carboxylic acids is 2. The first-order chi connectivity index (χ1) is 14.1. The van der Waals surface area contributed by atoms with Gasteiger partial charge in [0.2, 0.25) is 0 Å². The number of amides is 1. The molecule has 2 saturated heterocycles. The fraction of sp³-hybridized carbons (Fsp3) is 0.375. The molecule has 2 aromatic carbocycles. The van der Waals surface area contributed by atoms with Gasteiger partial charge in [0.1, 0.15) is 6.61 Å². The largest absolute Gasteiger partial charge is 0.445 e. The first kappa shape index (κ1) is 19.2. The van der Waals surface area contributed by atoms with E-state index in [9.17, 15) is 14.9 Å². The van der Waals surface area contributed by atoms with E-state index in [1.54, 1.807) is 12.1 Å². The molecular weight excluding hydrogens is 364 g/mol. The van der Waals surface area contributed by atoms with Gasteiger partial charge in [0.25, 0.3) is 0 Å². The van der Waals surface area contributed by atoms with Crippen LogP contribution in [0.4, 0.5) is 4.79 Å². The van der Waals surface area contributed by atoms with Gasteiger partial charge in [0.05, 0.1) is 11.6 Å². The van der Waals surface area contributed by atoms with Crippen LogP contribution in [0.3, 0.4) is 0 Å². The Morgan fingerprint density at radius 1 is 1.10 bits per heavy atom. The van der Waals surface area contributed by atoms with E-state index in [4.69, 9.17) is 4.74 Å². The third-order valence-corrected chi connectivity index (χ3v) is 6.08. The van der Waals surface area contributed by atoms with Crippen LogP contribution in [0.2, 0.25) is 0 Å². The van der Waals surface area contributed by atoms with Gasteiger partial charge in [-0.15, -0.1) is 0 Å². The van der Waals surface area contributed by atoms with Crippen molar-refractivity contribution in [3.63, 3.8) is 0 Å². The number of piperidine rings is 1. The van der Waals surface area contributed by atoms with E-state index >= 15 is 0 Å². The number of ether oxygens (including phenoxy) is 1. The van der Waals surface area contributed by atoms with Crippen molar-refractivity contribution in [3.8, 4) is 6.07 Å². The number of rotatable bonds is 4. The molecule has 2 fully saturated rings. The molecule has 2 heterocycles. The van der Waals surface area contributed by atoms with Crippen LogP contribution in [0.5, 0.6) is 0 Å². The van der Waals surface area contributed by atoms with Gasteiger partial charge in [0.15, 0.2) is 5.78 Å². The van der Waals surface area contributed by atoms with Crippen LogP contribution in [0.25, 0.3) is 0 Å². The zero-order chi connectivity index (χ0) is 20.4. The van der Waals surface area contributed by atoms with Crippen LogP contribution in [-0.2, 0) is 11.3 Å². The van der Waals surface area contributed by atoms with Gasteiger partial charge < -0.3 is 9.64 Å². The molecular formula is C24H24N2O3. The predicted molar refractivity (Wildman–Crippen MR) is 108 cm³/mol. The lowest BCUT2D eigenvalue weighted by atomic mass is 9.83. The Labute approximate surface area is 170 Å². The van der Waals surface area contributed by atoms with Gasteiger partial charge in [-0.25, -0.2) is 4.79 Å². The molecule has 0 aromatic heterocycles. The molecule has 0 aliphatic carbocycles. The van der Waals surface area contributed by atoms with Crippen molar-refractivity contribution in [1.82, 2.24) is 4.90 Å². The Hall–Kier alpha value is -3.13. The lowest BCUT2D eigenvalue weighted by molar-refractivity contribution is 0.0485. The number of hydrogen-bond donors (Lipinski definition) is 0. The summed E-state index contributed by atoms with van der Waals surface area (Å²) in [5.41, 5.74) is 2.87. The summed E-state index contributed by atoms with van der Waals surface area (Å²) in [6, 6.07) is 17.2. The zero-order valence-corrected chi connectivity index (χ0v) is 16.5. The molecule has 2 bridgehead atoms. The van der Waals surface area contributed by atoms with Gasteiger partial charge in [0, 0.05) is 23.6 Å². The Kier molecular flexibility index (Phi) is 5.35. The smallest absolute Gasteiger partial charge is 0.410 e. The third kappa shape index (κ3) is 3.88. The highest BCUT2D eigenvalue weighted by Gasteiger charge is 2.46. The first-order valence-corrected chi connectivity index (χ1v) is 10.1. The molecule has 29 heavy (non-hydrogen) atoms. The van der Waals surface area contributed by atoms with Crippen molar-refractivity contribution in [2.24, 2.45) is 5.92 Å². The van der Waals surface area contributed by atoms with E-state index in [0.717, 1.165) is 24.0 Å². The summed E-state index contributed by atoms with van der Waals surface area (Å²) in [6.45, 7) is 2.17. The van der Waals surface area contributed by atoms with E-state index in [0.29, 0.717) is 24.0 Å². The fourth-order valence-corrected chi connectivity index (χ4v) is 4.67. The maximum absolute atomic E-state index is 13.1. The van der Waals surface area contributed by atoms with Gasteiger partial charge >= 0.3 is 6.09 Å². The summed E-state index contributed by atoms with van der Waals surface area (Å²) < 4.78 is 5.54. The molecule has 0 spiro atoms. The number of fused-ring (bicyclic) bond motifs is 2. The molecule has 1 amide bonds. The molecule has 5 heteroatoms. The summed E-state index contributed by atoms with van der Waals surface area (Å²) in [5, 5.41) is 9.40. The van der Waals surface area contributed by atoms with Crippen LogP contribution < -0.4 is 0 Å². The van der Waals surface area contributed by atoms with Crippen molar-refractivity contribution in [2.45, 2.75) is 51.3 Å². The Bertz CT molecular complexity index is 950. The average Bonchev–Trinajstić information content (AvgIpc) is 3.01. The lowest BCUT2D eigenvalue weighted by Crippen LogP contribution is -2.48. The minimum atomic E-state index is -0.291. The molecule has 5 nitrogen and oxygen atoms in total. The number of nitriles is 1. The standard InChI is InChI=1S/C24H24N2O3/c1-16-7-10-22(19(11-16)14-25)23(27)18-12-20-8-9-21(13-18)26(20)24(28)29-15-17-5-3-2-4-6-17/h2-7,10-11,18,20-21H,8-9,12-13,15H2,1H3. The van der Waals surface area contributed by atoms with Crippen molar-refractivity contribution < 1.29 is 14.3 Å². The highest BCUT2D eigenvalue weighted by molar-refractivity contribution is 6.00. The number of ketones is 1. The fourth-order valence-electron chi connectivity index (χ4n) is 4.67. The van der Waals surface area contributed by atoms with Crippen LogP contribution in [-0.4, -0.2) is 28.9 Å². The number of Topliss-reactive ketones (excluding diaryl/α,β-unsaturated/α-hetero) is 1. The topological polar surface area (TPSA) is 70.4 Å². The molecule has 2 aliphatic rings. The minimum Gasteiger partial charge on any atom is -0.445 e. The van der Waals surface area contributed by atoms with Crippen LogP contribution >= 0.6 is 0 Å². The number of benzene rings is 2. The van der Waals surface area contributed by atoms with Crippen molar-refractivity contribution >= 4 is 11.9 Å². The maximum atomic E-state index is 13.1. The van der Waals surface area contributed by atoms with Gasteiger partial charge in [-0.1, -0.05) is 36.4 Å². The van der Waals surface area contributed by atoms with E-state index in [2.05, 4.69) is 6.07 Å². The SMILES string of the molecule is Cc1ccc(C(=O)C2CC3CCC(C2)N3C(=O)OCc2ccccc2)c(C#N)c1. The first-order valence-electron chi connectivity index (χ1n) is 10.1. The van der Waals surface area contributed by atoms with Crippen molar-refractivity contribution in [1.29, 1.82) is 5.26 Å². The third-order valence-electron chi connectivity index (χ3n) is 6.08. The molecule has 4 rings (SSSR count). The lowest BCUT2D eigenvalue weighted by Gasteiger charge is -2.37. The van der Waals surface area contributed by atoms with E-state index in [1.807, 2.05) is 48.2 Å². The summed E-state index contributed by atoms with van der Waals surface area (Å²) in [6.07, 6.45) is 2.77. The second-order valence-electron chi connectivity index (χ2n) is 8.03. The summed E-state index contributed by atoms with van der Waals surface area (Å²) in [5.74, 6) is -0.128. The number of aryl methyl sites for hydroxylation is 1. The predicted octanol–water partition coefficient (Wildman–Crippen LogP) is 4.63. The Balaban J connectivity index is 1.43. The number of carbonyl (C=O) groups is 2. The molecule has 0 N–H and O–H groups in total. The molecule has 2 atom stereocenters.